The highest BCUT2D eigenvalue weighted by molar-refractivity contribution is 7.92. The number of ether oxygens (including phenoxy) is 1. The molecule has 0 radical (unpaired) electrons. The second kappa shape index (κ2) is 10.9. The number of nitrogens with zero attached hydrogens (tertiary/aromatic N) is 2. The van der Waals surface area contributed by atoms with Crippen LogP contribution in [-0.4, -0.2) is 55.5 Å². The molecule has 0 spiro atoms. The van der Waals surface area contributed by atoms with E-state index in [0.29, 0.717) is 60.0 Å². The van der Waals surface area contributed by atoms with Crippen LogP contribution in [0.15, 0.2) is 70.5 Å². The van der Waals surface area contributed by atoms with E-state index in [9.17, 15) is 26.8 Å². The SMILES string of the molecule is Nc1nc2ccc(-c3c[nH]c(=O)c(NS(=O)(=O)c4ccc(F)cc4F)c3)cc2cc1/C=C/C(=O)N1CCOCC1. The van der Waals surface area contributed by atoms with Crippen LogP contribution < -0.4 is 16.0 Å². The molecule has 0 bridgehead atoms. The van der Waals surface area contributed by atoms with Gasteiger partial charge in [0.25, 0.3) is 15.6 Å². The van der Waals surface area contributed by atoms with Gasteiger partial charge in [-0.15, -0.1) is 0 Å². The Morgan fingerprint density at radius 3 is 2.60 bits per heavy atom. The predicted molar refractivity (Wildman–Crippen MR) is 146 cm³/mol. The Hall–Kier alpha value is -4.62. The van der Waals surface area contributed by atoms with Gasteiger partial charge in [0.05, 0.1) is 18.7 Å². The van der Waals surface area contributed by atoms with Crippen molar-refractivity contribution in [3.63, 3.8) is 0 Å². The minimum absolute atomic E-state index is 0.166. The number of fused-ring (bicyclic) bond motifs is 1. The van der Waals surface area contributed by atoms with Gasteiger partial charge in [0, 0.05) is 47.9 Å². The summed E-state index contributed by atoms with van der Waals surface area (Å²) in [5, 5.41) is 0.673. The van der Waals surface area contributed by atoms with Gasteiger partial charge >= 0.3 is 0 Å². The third kappa shape index (κ3) is 5.70. The van der Waals surface area contributed by atoms with Crippen LogP contribution in [0.4, 0.5) is 20.3 Å². The van der Waals surface area contributed by atoms with E-state index in [4.69, 9.17) is 10.5 Å². The maximum Gasteiger partial charge on any atom is 0.272 e. The summed E-state index contributed by atoms with van der Waals surface area (Å²) in [5.74, 6) is -2.16. The zero-order valence-electron chi connectivity index (χ0n) is 20.9. The predicted octanol–water partition coefficient (Wildman–Crippen LogP) is 3.12. The van der Waals surface area contributed by atoms with Gasteiger partial charge in [0.1, 0.15) is 28.0 Å². The number of anilines is 2. The van der Waals surface area contributed by atoms with Gasteiger partial charge in [-0.05, 0) is 48.0 Å². The van der Waals surface area contributed by atoms with Gasteiger partial charge in [-0.3, -0.25) is 14.3 Å². The van der Waals surface area contributed by atoms with Crippen molar-refractivity contribution in [1.82, 2.24) is 14.9 Å². The molecular weight excluding hydrogens is 544 g/mol. The summed E-state index contributed by atoms with van der Waals surface area (Å²) in [6, 6.07) is 10.2. The number of nitrogen functional groups attached to an aromatic ring is 1. The molecule has 4 N–H and O–H groups in total. The van der Waals surface area contributed by atoms with Gasteiger partial charge in [-0.1, -0.05) is 6.07 Å². The van der Waals surface area contributed by atoms with Crippen molar-refractivity contribution in [3.8, 4) is 11.1 Å². The summed E-state index contributed by atoms with van der Waals surface area (Å²) >= 11 is 0. The molecule has 0 saturated carbocycles. The van der Waals surface area contributed by atoms with E-state index in [1.807, 2.05) is 0 Å². The van der Waals surface area contributed by atoms with Crippen molar-refractivity contribution in [2.24, 2.45) is 0 Å². The normalized spacial score (nSPS) is 14.1. The number of H-pyrrole nitrogens is 1. The summed E-state index contributed by atoms with van der Waals surface area (Å²) in [5.41, 5.74) is 7.13. The lowest BCUT2D eigenvalue weighted by Gasteiger charge is -2.25. The number of nitrogens with two attached hydrogens (primary N) is 1. The Bertz CT molecular complexity index is 1820. The fourth-order valence-electron chi connectivity index (χ4n) is 4.19. The third-order valence-electron chi connectivity index (χ3n) is 6.27. The molecule has 4 aromatic rings. The average molecular weight is 568 g/mol. The molecule has 206 valence electrons. The molecule has 13 heteroatoms. The minimum Gasteiger partial charge on any atom is -0.383 e. The van der Waals surface area contributed by atoms with Crippen LogP contribution in [0.1, 0.15) is 5.56 Å². The number of rotatable bonds is 6. The topological polar surface area (TPSA) is 147 Å². The third-order valence-corrected chi connectivity index (χ3v) is 7.67. The zero-order chi connectivity index (χ0) is 28.4. The quantitative estimate of drug-likeness (QED) is 0.303. The van der Waals surface area contributed by atoms with Gasteiger partial charge in [0.15, 0.2) is 0 Å². The summed E-state index contributed by atoms with van der Waals surface area (Å²) in [6.45, 7) is 1.99. The average Bonchev–Trinajstić information content (AvgIpc) is 2.93. The van der Waals surface area contributed by atoms with Crippen molar-refractivity contribution in [3.05, 3.63) is 88.4 Å². The Labute approximate surface area is 227 Å². The van der Waals surface area contributed by atoms with E-state index in [-0.39, 0.29) is 17.4 Å². The van der Waals surface area contributed by atoms with Crippen molar-refractivity contribution in [2.75, 3.05) is 36.8 Å². The van der Waals surface area contributed by atoms with Gasteiger partial charge in [-0.2, -0.15) is 0 Å². The monoisotopic (exact) mass is 567 g/mol. The van der Waals surface area contributed by atoms with E-state index in [1.165, 1.54) is 18.3 Å². The van der Waals surface area contributed by atoms with Gasteiger partial charge in [-0.25, -0.2) is 22.2 Å². The molecule has 2 aromatic heterocycles. The van der Waals surface area contributed by atoms with E-state index in [1.54, 1.807) is 35.2 Å². The first-order valence-electron chi connectivity index (χ1n) is 12.1. The number of aromatic nitrogens is 2. The number of halogens is 2. The molecule has 1 aliphatic heterocycles. The first-order chi connectivity index (χ1) is 19.1. The molecule has 2 aromatic carbocycles. The minimum atomic E-state index is -4.53. The summed E-state index contributed by atoms with van der Waals surface area (Å²) in [4.78, 5) is 32.6. The van der Waals surface area contributed by atoms with E-state index in [2.05, 4.69) is 14.7 Å². The largest absolute Gasteiger partial charge is 0.383 e. The van der Waals surface area contributed by atoms with Crippen molar-refractivity contribution in [1.29, 1.82) is 0 Å². The fraction of sp³-hybridized carbons (Fsp3) is 0.148. The maximum absolute atomic E-state index is 14.1. The molecule has 3 heterocycles. The molecule has 1 saturated heterocycles. The fourth-order valence-corrected chi connectivity index (χ4v) is 5.30. The number of aromatic amines is 1. The Morgan fingerprint density at radius 1 is 1.07 bits per heavy atom. The van der Waals surface area contributed by atoms with E-state index < -0.39 is 32.1 Å². The van der Waals surface area contributed by atoms with Crippen LogP contribution in [-0.2, 0) is 19.6 Å². The zero-order valence-corrected chi connectivity index (χ0v) is 21.7. The van der Waals surface area contributed by atoms with Crippen LogP contribution in [0.2, 0.25) is 0 Å². The molecule has 10 nitrogen and oxygen atoms in total. The smallest absolute Gasteiger partial charge is 0.272 e. The lowest BCUT2D eigenvalue weighted by atomic mass is 10.0. The first-order valence-corrected chi connectivity index (χ1v) is 13.5. The highest BCUT2D eigenvalue weighted by atomic mass is 32.2. The lowest BCUT2D eigenvalue weighted by Crippen LogP contribution is -2.39. The van der Waals surface area contributed by atoms with Gasteiger partial charge in [0.2, 0.25) is 5.91 Å². The molecule has 0 atom stereocenters. The number of sulfonamides is 1. The Kier molecular flexibility index (Phi) is 7.32. The summed E-state index contributed by atoms with van der Waals surface area (Å²) in [6.07, 6.45) is 4.42. The molecule has 0 unspecified atom stereocenters. The number of hydrogen-bond acceptors (Lipinski definition) is 7. The number of amides is 1. The van der Waals surface area contributed by atoms with Crippen LogP contribution >= 0.6 is 0 Å². The second-order valence-corrected chi connectivity index (χ2v) is 10.6. The number of hydrogen-bond donors (Lipinski definition) is 3. The Balaban J connectivity index is 1.44. The highest BCUT2D eigenvalue weighted by Gasteiger charge is 2.21. The van der Waals surface area contributed by atoms with Crippen molar-refractivity contribution < 1.29 is 26.7 Å². The maximum atomic E-state index is 14.1. The molecule has 1 aliphatic rings. The Morgan fingerprint density at radius 2 is 1.85 bits per heavy atom. The molecule has 5 rings (SSSR count). The van der Waals surface area contributed by atoms with Crippen LogP contribution in [0.25, 0.3) is 28.1 Å². The lowest BCUT2D eigenvalue weighted by molar-refractivity contribution is -0.129. The van der Waals surface area contributed by atoms with Crippen molar-refractivity contribution >= 4 is 44.4 Å². The number of nitrogens with one attached hydrogen (secondary N) is 2. The molecule has 1 fully saturated rings. The standard InChI is InChI=1S/C27H23F2N5O5S/c28-20-3-5-24(21(29)14-20)40(37,38)33-23-13-19(15-31-27(23)36)16-1-4-22-18(11-16)12-17(26(30)32-22)2-6-25(35)34-7-9-39-10-8-34/h1-6,11-15,33H,7-10H2,(H2,30,32)(H,31,36)/b6-2+. The number of benzene rings is 2. The van der Waals surface area contributed by atoms with E-state index in [0.717, 1.165) is 12.1 Å². The highest BCUT2D eigenvalue weighted by Crippen LogP contribution is 2.27. The molecule has 0 aliphatic carbocycles. The summed E-state index contributed by atoms with van der Waals surface area (Å²) < 4.78 is 60.1. The molecular formula is C27H23F2N5O5S. The molecule has 40 heavy (non-hydrogen) atoms. The van der Waals surface area contributed by atoms with Gasteiger partial charge < -0.3 is 20.4 Å². The second-order valence-electron chi connectivity index (χ2n) is 8.95. The number of morpholine rings is 1. The van der Waals surface area contributed by atoms with Crippen LogP contribution in [0.3, 0.4) is 0 Å². The number of carbonyl (C=O) groups is 1. The van der Waals surface area contributed by atoms with Crippen LogP contribution in [0.5, 0.6) is 0 Å². The van der Waals surface area contributed by atoms with E-state index >= 15 is 0 Å². The number of carbonyl (C=O) groups excluding carboxylic acids is 1. The van der Waals surface area contributed by atoms with Crippen molar-refractivity contribution in [2.45, 2.75) is 4.90 Å². The number of pyridine rings is 2. The van der Waals surface area contributed by atoms with Crippen LogP contribution in [0, 0.1) is 11.6 Å². The summed E-state index contributed by atoms with van der Waals surface area (Å²) in [7, 11) is -4.53. The molecule has 1 amide bonds. The first kappa shape index (κ1) is 27.0.